The number of rotatable bonds is 9. The minimum absolute atomic E-state index is 0.0583. The van der Waals surface area contributed by atoms with Gasteiger partial charge in [-0.1, -0.05) is 6.07 Å². The predicted molar refractivity (Wildman–Crippen MR) is 134 cm³/mol. The van der Waals surface area contributed by atoms with E-state index in [9.17, 15) is 17.6 Å². The van der Waals surface area contributed by atoms with Gasteiger partial charge < -0.3 is 15.8 Å². The molecular formula is C25H23F4N5O4S. The topological polar surface area (TPSA) is 135 Å². The first-order valence-electron chi connectivity index (χ1n) is 11.8. The maximum absolute atomic E-state index is 15.2. The molecule has 0 bridgehead atoms. The lowest BCUT2D eigenvalue weighted by molar-refractivity contribution is 0.100. The lowest BCUT2D eigenvalue weighted by Gasteiger charge is -2.16. The van der Waals surface area contributed by atoms with Gasteiger partial charge in [0, 0.05) is 25.1 Å². The quantitative estimate of drug-likeness (QED) is 0.294. The van der Waals surface area contributed by atoms with Gasteiger partial charge in [-0.25, -0.2) is 22.5 Å². The fourth-order valence-corrected chi connectivity index (χ4v) is 5.74. The van der Waals surface area contributed by atoms with Gasteiger partial charge in [0.15, 0.2) is 23.3 Å². The molecule has 2 aliphatic rings. The fourth-order valence-electron chi connectivity index (χ4n) is 4.62. The Hall–Kier alpha value is -3.75. The first kappa shape index (κ1) is 26.8. The Morgan fingerprint density at radius 1 is 1.10 bits per heavy atom. The van der Waals surface area contributed by atoms with Crippen LogP contribution >= 0.6 is 0 Å². The van der Waals surface area contributed by atoms with Gasteiger partial charge in [-0.05, 0) is 54.3 Å². The van der Waals surface area contributed by atoms with Gasteiger partial charge in [0.25, 0.3) is 5.91 Å². The monoisotopic (exact) mass is 565 g/mol. The zero-order valence-electron chi connectivity index (χ0n) is 20.4. The SMILES string of the molecule is Cc1ccc(Nc2c(C(N)=O)cc(Cc3ccnc(NS(=O)(=O)NC4C5CCOC54)c3F)c(F)c2F)c(F)c1. The number of hydrogen-bond acceptors (Lipinski definition) is 6. The van der Waals surface area contributed by atoms with E-state index in [1.807, 2.05) is 4.72 Å². The molecule has 1 aliphatic carbocycles. The third kappa shape index (κ3) is 5.40. The number of anilines is 3. The molecule has 1 saturated carbocycles. The van der Waals surface area contributed by atoms with Crippen molar-refractivity contribution < 1.29 is 35.5 Å². The third-order valence-electron chi connectivity index (χ3n) is 6.66. The maximum Gasteiger partial charge on any atom is 0.300 e. The Bertz CT molecular complexity index is 1580. The number of nitrogens with two attached hydrogens (primary N) is 1. The molecule has 1 saturated heterocycles. The van der Waals surface area contributed by atoms with Crippen LogP contribution in [0.25, 0.3) is 0 Å². The Labute approximate surface area is 220 Å². The molecular weight excluding hydrogens is 542 g/mol. The van der Waals surface area contributed by atoms with Crippen molar-refractivity contribution in [3.63, 3.8) is 0 Å². The van der Waals surface area contributed by atoms with Gasteiger partial charge in [-0.2, -0.15) is 13.1 Å². The second-order valence-corrected chi connectivity index (χ2v) is 10.9. The summed E-state index contributed by atoms with van der Waals surface area (Å²) in [5, 5.41) is 2.36. The summed E-state index contributed by atoms with van der Waals surface area (Å²) >= 11 is 0. The highest BCUT2D eigenvalue weighted by Crippen LogP contribution is 2.43. The van der Waals surface area contributed by atoms with Crippen molar-refractivity contribution in [2.45, 2.75) is 31.9 Å². The number of primary amides is 1. The van der Waals surface area contributed by atoms with Crippen LogP contribution in [0.4, 0.5) is 34.8 Å². The number of ether oxygens (including phenoxy) is 1. The Morgan fingerprint density at radius 2 is 1.87 bits per heavy atom. The molecule has 3 aromatic rings. The molecule has 3 unspecified atom stereocenters. The maximum atomic E-state index is 15.2. The van der Waals surface area contributed by atoms with Crippen molar-refractivity contribution in [2.75, 3.05) is 16.6 Å². The summed E-state index contributed by atoms with van der Waals surface area (Å²) in [5.41, 5.74) is 3.86. The van der Waals surface area contributed by atoms with Crippen LogP contribution in [0, 0.1) is 36.1 Å². The smallest absolute Gasteiger partial charge is 0.300 e. The number of fused-ring (bicyclic) bond motifs is 1. The van der Waals surface area contributed by atoms with Gasteiger partial charge in [-0.3, -0.25) is 9.52 Å². The van der Waals surface area contributed by atoms with Crippen molar-refractivity contribution in [1.82, 2.24) is 9.71 Å². The second kappa shape index (κ2) is 10.1. The summed E-state index contributed by atoms with van der Waals surface area (Å²) in [4.78, 5) is 15.8. The van der Waals surface area contributed by atoms with Gasteiger partial charge in [0.05, 0.1) is 29.1 Å². The van der Waals surface area contributed by atoms with Crippen LogP contribution in [0.5, 0.6) is 0 Å². The molecule has 2 aromatic carbocycles. The summed E-state index contributed by atoms with van der Waals surface area (Å²) in [7, 11) is -4.22. The van der Waals surface area contributed by atoms with E-state index in [-0.39, 0.29) is 23.3 Å². The summed E-state index contributed by atoms with van der Waals surface area (Å²) in [5.74, 6) is -6.60. The molecule has 1 aromatic heterocycles. The highest BCUT2D eigenvalue weighted by molar-refractivity contribution is 7.90. The van der Waals surface area contributed by atoms with E-state index in [1.54, 1.807) is 6.92 Å². The molecule has 5 rings (SSSR count). The van der Waals surface area contributed by atoms with E-state index >= 15 is 13.2 Å². The normalized spacial score (nSPS) is 20.0. The van der Waals surface area contributed by atoms with Crippen LogP contribution in [0.2, 0.25) is 0 Å². The number of aromatic nitrogens is 1. The van der Waals surface area contributed by atoms with Crippen molar-refractivity contribution in [2.24, 2.45) is 11.7 Å². The molecule has 0 spiro atoms. The number of nitrogens with one attached hydrogen (secondary N) is 3. The average molecular weight is 566 g/mol. The summed E-state index contributed by atoms with van der Waals surface area (Å²) < 4.78 is 94.4. The molecule has 9 nitrogen and oxygen atoms in total. The van der Waals surface area contributed by atoms with E-state index in [4.69, 9.17) is 10.5 Å². The molecule has 3 atom stereocenters. The van der Waals surface area contributed by atoms with Crippen molar-refractivity contribution in [3.05, 3.63) is 82.1 Å². The van der Waals surface area contributed by atoms with Crippen LogP contribution in [-0.4, -0.2) is 38.1 Å². The molecule has 1 amide bonds. The molecule has 2 fully saturated rings. The molecule has 5 N–H and O–H groups in total. The standard InChI is InChI=1S/C25H23F4N5O4S/c1-11-2-3-17(16(26)8-11)32-21-15(24(30)35)10-13(18(27)20(21)29)9-12-4-6-31-25(19(12)28)34-39(36,37)33-22-14-5-7-38-23(14)22/h2-4,6,8,10,14,22-23,32-33H,5,7,9H2,1H3,(H2,30,35)(H,31,34). The number of nitrogens with zero attached hydrogens (tertiary/aromatic N) is 1. The van der Waals surface area contributed by atoms with Gasteiger partial charge in [0.1, 0.15) is 5.82 Å². The zero-order valence-corrected chi connectivity index (χ0v) is 21.2. The molecule has 2 heterocycles. The number of hydrogen-bond donors (Lipinski definition) is 4. The number of aryl methyl sites for hydroxylation is 1. The molecule has 206 valence electrons. The highest BCUT2D eigenvalue weighted by Gasteiger charge is 2.56. The summed E-state index contributed by atoms with van der Waals surface area (Å²) in [6.07, 6.45) is 0.996. The Balaban J connectivity index is 1.40. The number of benzene rings is 2. The van der Waals surface area contributed by atoms with Crippen LogP contribution in [0.15, 0.2) is 36.5 Å². The summed E-state index contributed by atoms with van der Waals surface area (Å²) in [6.45, 7) is 2.18. The van der Waals surface area contributed by atoms with Crippen molar-refractivity contribution in [1.29, 1.82) is 0 Å². The van der Waals surface area contributed by atoms with Crippen LogP contribution in [0.1, 0.15) is 33.5 Å². The Morgan fingerprint density at radius 3 is 2.54 bits per heavy atom. The van der Waals surface area contributed by atoms with Crippen LogP contribution < -0.4 is 20.5 Å². The number of pyridine rings is 1. The minimum atomic E-state index is -4.22. The zero-order chi connectivity index (χ0) is 28.1. The van der Waals surface area contributed by atoms with Crippen molar-refractivity contribution in [3.8, 4) is 0 Å². The minimum Gasteiger partial charge on any atom is -0.376 e. The first-order chi connectivity index (χ1) is 18.4. The van der Waals surface area contributed by atoms with E-state index in [0.717, 1.165) is 24.4 Å². The Kier molecular flexibility index (Phi) is 6.95. The van der Waals surface area contributed by atoms with Gasteiger partial charge in [0.2, 0.25) is 0 Å². The number of carbonyl (C=O) groups excluding carboxylic acids is 1. The first-order valence-corrected chi connectivity index (χ1v) is 13.3. The molecule has 1 aliphatic heterocycles. The average Bonchev–Trinajstić information content (AvgIpc) is 3.26. The number of halogens is 4. The fraction of sp³-hybridized carbons (Fsp3) is 0.280. The van der Waals surface area contributed by atoms with E-state index in [1.165, 1.54) is 12.1 Å². The van der Waals surface area contributed by atoms with Crippen LogP contribution in [0.3, 0.4) is 0 Å². The molecule has 0 radical (unpaired) electrons. The number of carbonyl (C=O) groups is 1. The second-order valence-electron chi connectivity index (χ2n) is 9.41. The van der Waals surface area contributed by atoms with Crippen molar-refractivity contribution >= 4 is 33.3 Å². The van der Waals surface area contributed by atoms with E-state index in [2.05, 4.69) is 15.0 Å². The number of amides is 1. The molecule has 14 heteroatoms. The molecule has 39 heavy (non-hydrogen) atoms. The highest BCUT2D eigenvalue weighted by atomic mass is 32.2. The lowest BCUT2D eigenvalue weighted by Crippen LogP contribution is -2.35. The van der Waals surface area contributed by atoms with E-state index < -0.39 is 74.5 Å². The van der Waals surface area contributed by atoms with Crippen LogP contribution in [-0.2, 0) is 21.4 Å². The largest absolute Gasteiger partial charge is 0.376 e. The van der Waals surface area contributed by atoms with Gasteiger partial charge >= 0.3 is 10.2 Å². The predicted octanol–water partition coefficient (Wildman–Crippen LogP) is 3.41. The summed E-state index contributed by atoms with van der Waals surface area (Å²) in [6, 6.07) is 5.61. The third-order valence-corrected chi connectivity index (χ3v) is 7.71. The lowest BCUT2D eigenvalue weighted by atomic mass is 10.00. The van der Waals surface area contributed by atoms with Gasteiger partial charge in [-0.15, -0.1) is 0 Å². The van der Waals surface area contributed by atoms with E-state index in [0.29, 0.717) is 18.6 Å².